The lowest BCUT2D eigenvalue weighted by atomic mass is 9.91. The molecule has 0 amide bonds. The first-order valence-electron chi connectivity index (χ1n) is 11.7. The van der Waals surface area contributed by atoms with Gasteiger partial charge >= 0.3 is 6.01 Å². The molecule has 0 N–H and O–H groups in total. The van der Waals surface area contributed by atoms with Crippen molar-refractivity contribution < 1.29 is 14.0 Å². The molecule has 0 bridgehead atoms. The Morgan fingerprint density at radius 3 is 2.82 bits per heavy atom. The highest BCUT2D eigenvalue weighted by molar-refractivity contribution is 5.29. The summed E-state index contributed by atoms with van der Waals surface area (Å²) in [5.41, 5.74) is 0.811. The van der Waals surface area contributed by atoms with E-state index < -0.39 is 0 Å². The summed E-state index contributed by atoms with van der Waals surface area (Å²) in [7, 11) is 1.68. The minimum absolute atomic E-state index is 0.610. The zero-order valence-electron chi connectivity index (χ0n) is 18.9. The topological polar surface area (TPSA) is 117 Å². The third-order valence-electron chi connectivity index (χ3n) is 6.65. The van der Waals surface area contributed by atoms with Gasteiger partial charge in [-0.1, -0.05) is 5.16 Å². The van der Waals surface area contributed by atoms with Gasteiger partial charge in [0.1, 0.15) is 6.33 Å². The van der Waals surface area contributed by atoms with Crippen molar-refractivity contribution in [1.29, 1.82) is 0 Å². The van der Waals surface area contributed by atoms with E-state index in [0.717, 1.165) is 48.8 Å². The number of hydrogen-bond acceptors (Lipinski definition) is 10. The van der Waals surface area contributed by atoms with Crippen LogP contribution in [0.4, 0.5) is 6.01 Å². The molecule has 0 radical (unpaired) electrons. The predicted octanol–water partition coefficient (Wildman–Crippen LogP) is 2.34. The number of pyridine rings is 1. The van der Waals surface area contributed by atoms with Gasteiger partial charge in [0.05, 0.1) is 25.1 Å². The van der Waals surface area contributed by atoms with E-state index in [2.05, 4.69) is 35.5 Å². The Balaban J connectivity index is 0.980. The molecule has 11 heteroatoms. The molecule has 5 rings (SSSR count). The number of aromatic nitrogens is 7. The highest BCUT2D eigenvalue weighted by Crippen LogP contribution is 2.47. The minimum Gasteiger partial charge on any atom is -0.478 e. The number of piperidine rings is 1. The van der Waals surface area contributed by atoms with Gasteiger partial charge in [0.15, 0.2) is 5.82 Å². The second kappa shape index (κ2) is 10.2. The summed E-state index contributed by atoms with van der Waals surface area (Å²) in [5, 5.41) is 15.2. The van der Waals surface area contributed by atoms with Crippen LogP contribution in [-0.2, 0) is 11.2 Å². The molecule has 1 aliphatic heterocycles. The second-order valence-electron chi connectivity index (χ2n) is 8.90. The maximum Gasteiger partial charge on any atom is 0.324 e. The summed E-state index contributed by atoms with van der Waals surface area (Å²) in [6.07, 6.45) is 10.0. The van der Waals surface area contributed by atoms with Gasteiger partial charge in [-0.05, 0) is 66.4 Å². The largest absolute Gasteiger partial charge is 0.478 e. The van der Waals surface area contributed by atoms with Gasteiger partial charge in [0.2, 0.25) is 5.88 Å². The Morgan fingerprint density at radius 1 is 1.15 bits per heavy atom. The first-order chi connectivity index (χ1) is 16.3. The highest BCUT2D eigenvalue weighted by Gasteiger charge is 2.38. The molecule has 33 heavy (non-hydrogen) atoms. The Kier molecular flexibility index (Phi) is 6.75. The Morgan fingerprint density at radius 2 is 2.06 bits per heavy atom. The van der Waals surface area contributed by atoms with Gasteiger partial charge in [-0.15, -0.1) is 5.10 Å². The van der Waals surface area contributed by atoms with Crippen LogP contribution in [0.3, 0.4) is 0 Å². The molecule has 1 saturated carbocycles. The fraction of sp³-hybridized carbons (Fsp3) is 0.636. The average molecular weight is 455 g/mol. The monoisotopic (exact) mass is 454 g/mol. The summed E-state index contributed by atoms with van der Waals surface area (Å²) in [4.78, 5) is 11.1. The van der Waals surface area contributed by atoms with Crippen molar-refractivity contribution in [3.8, 4) is 11.6 Å². The van der Waals surface area contributed by atoms with Crippen LogP contribution in [0.15, 0.2) is 29.2 Å². The molecule has 2 atom stereocenters. The molecule has 4 heterocycles. The van der Waals surface area contributed by atoms with Crippen LogP contribution < -0.4 is 9.64 Å². The Hall–Kier alpha value is -3.08. The average Bonchev–Trinajstić information content (AvgIpc) is 3.24. The molecule has 3 aromatic rings. The van der Waals surface area contributed by atoms with E-state index in [1.165, 1.54) is 25.7 Å². The minimum atomic E-state index is 0.610. The van der Waals surface area contributed by atoms with Gasteiger partial charge in [0, 0.05) is 32.7 Å². The van der Waals surface area contributed by atoms with E-state index >= 15 is 0 Å². The van der Waals surface area contributed by atoms with E-state index in [0.29, 0.717) is 31.5 Å². The van der Waals surface area contributed by atoms with Crippen LogP contribution in [0.5, 0.6) is 5.88 Å². The molecule has 0 spiro atoms. The zero-order valence-corrected chi connectivity index (χ0v) is 18.9. The van der Waals surface area contributed by atoms with Crippen LogP contribution >= 0.6 is 0 Å². The first kappa shape index (κ1) is 21.7. The molecule has 0 aromatic carbocycles. The lowest BCUT2D eigenvalue weighted by molar-refractivity contribution is 0.199. The van der Waals surface area contributed by atoms with Gasteiger partial charge in [0.25, 0.3) is 0 Å². The Bertz CT molecular complexity index is 986. The number of nitrogens with zero attached hydrogens (tertiary/aromatic N) is 8. The van der Waals surface area contributed by atoms with Crippen LogP contribution in [0, 0.1) is 17.8 Å². The summed E-state index contributed by atoms with van der Waals surface area (Å²) < 4.78 is 17.9. The van der Waals surface area contributed by atoms with Crippen molar-refractivity contribution in [3.05, 3.63) is 30.5 Å². The molecule has 2 fully saturated rings. The molecular formula is C22H30N8O3. The summed E-state index contributed by atoms with van der Waals surface area (Å²) in [6.45, 7) is 3.30. The van der Waals surface area contributed by atoms with Crippen molar-refractivity contribution in [1.82, 2.24) is 35.3 Å². The van der Waals surface area contributed by atoms with Gasteiger partial charge in [-0.3, -0.25) is 0 Å². The van der Waals surface area contributed by atoms with E-state index in [9.17, 15) is 0 Å². The molecule has 176 valence electrons. The quantitative estimate of drug-likeness (QED) is 0.427. The van der Waals surface area contributed by atoms with Crippen LogP contribution in [-0.4, -0.2) is 68.7 Å². The predicted molar refractivity (Wildman–Crippen MR) is 118 cm³/mol. The molecule has 3 aromatic heterocycles. The van der Waals surface area contributed by atoms with Crippen LogP contribution in [0.25, 0.3) is 5.69 Å². The number of hydrogen-bond donors (Lipinski definition) is 0. The van der Waals surface area contributed by atoms with Crippen molar-refractivity contribution >= 4 is 6.01 Å². The number of ether oxygens (including phenoxy) is 2. The van der Waals surface area contributed by atoms with Gasteiger partial charge in [-0.25, -0.2) is 4.98 Å². The lowest BCUT2D eigenvalue weighted by Crippen LogP contribution is -2.34. The molecule has 1 unspecified atom stereocenters. The number of anilines is 1. The van der Waals surface area contributed by atoms with Crippen molar-refractivity contribution in [2.45, 2.75) is 38.5 Å². The van der Waals surface area contributed by atoms with Crippen LogP contribution in [0.2, 0.25) is 0 Å². The third-order valence-corrected chi connectivity index (χ3v) is 6.65. The molecule has 2 aliphatic rings. The molecular weight excluding hydrogens is 424 g/mol. The maximum atomic E-state index is 5.85. The molecule has 11 nitrogen and oxygen atoms in total. The summed E-state index contributed by atoms with van der Waals surface area (Å²) in [6, 6.07) is 4.42. The van der Waals surface area contributed by atoms with Crippen molar-refractivity contribution in [3.63, 3.8) is 0 Å². The fourth-order valence-corrected chi connectivity index (χ4v) is 4.60. The molecule has 1 saturated heterocycles. The van der Waals surface area contributed by atoms with Gasteiger partial charge < -0.3 is 18.9 Å². The zero-order chi connectivity index (χ0) is 22.5. The fourth-order valence-electron chi connectivity index (χ4n) is 4.60. The van der Waals surface area contributed by atoms with E-state index in [1.807, 2.05) is 12.1 Å². The number of methoxy groups -OCH3 is 1. The van der Waals surface area contributed by atoms with Crippen molar-refractivity contribution in [2.75, 3.05) is 38.3 Å². The highest BCUT2D eigenvalue weighted by atomic mass is 16.5. The van der Waals surface area contributed by atoms with Crippen LogP contribution in [0.1, 0.15) is 37.9 Å². The van der Waals surface area contributed by atoms with Crippen molar-refractivity contribution in [2.24, 2.45) is 17.8 Å². The van der Waals surface area contributed by atoms with Gasteiger partial charge in [-0.2, -0.15) is 9.67 Å². The third kappa shape index (κ3) is 5.65. The van der Waals surface area contributed by atoms with E-state index in [4.69, 9.17) is 14.0 Å². The smallest absolute Gasteiger partial charge is 0.324 e. The summed E-state index contributed by atoms with van der Waals surface area (Å²) >= 11 is 0. The number of tetrazole rings is 1. The van der Waals surface area contributed by atoms with E-state index in [1.54, 1.807) is 24.3 Å². The maximum absolute atomic E-state index is 5.85. The number of rotatable bonds is 11. The standard InChI is InChI=1S/C22H30N8O3/c1-31-10-7-20-25-22(33-26-20)29-8-4-16(5-9-29)12-18-13-17(18)6-11-32-21-3-2-19(14-23-21)30-15-24-27-28-30/h2-3,14-18H,4-13H2,1H3/t17-,18?/m0/s1. The Labute approximate surface area is 192 Å². The summed E-state index contributed by atoms with van der Waals surface area (Å²) in [5.74, 6) is 3.76. The lowest BCUT2D eigenvalue weighted by Gasteiger charge is -2.30. The second-order valence-corrected chi connectivity index (χ2v) is 8.90. The SMILES string of the molecule is COCCc1noc(N2CCC(CC3C[C@@H]3CCOc3ccc(-n4cnnn4)cn3)CC2)n1. The normalized spacial score (nSPS) is 20.8. The first-order valence-corrected chi connectivity index (χ1v) is 11.7. The molecule has 1 aliphatic carbocycles. The van der Waals surface area contributed by atoms with E-state index in [-0.39, 0.29) is 0 Å².